The van der Waals surface area contributed by atoms with E-state index in [1.54, 1.807) is 0 Å². The SMILES string of the molecule is CC(C)(C)OC=O.CCCCCCCCC. The molecule has 2 heteroatoms. The molecule has 2 nitrogen and oxygen atoms in total. The molecule has 0 saturated heterocycles. The van der Waals surface area contributed by atoms with Crippen molar-refractivity contribution in [1.82, 2.24) is 0 Å². The Morgan fingerprint density at radius 3 is 1.44 bits per heavy atom. The number of unbranched alkanes of at least 4 members (excludes halogenated alkanes) is 6. The van der Waals surface area contributed by atoms with Crippen LogP contribution in [0, 0.1) is 0 Å². The van der Waals surface area contributed by atoms with Gasteiger partial charge < -0.3 is 4.74 Å². The van der Waals surface area contributed by atoms with Crippen molar-refractivity contribution in [3.8, 4) is 0 Å². The molecule has 0 amide bonds. The van der Waals surface area contributed by atoms with Gasteiger partial charge in [-0.2, -0.15) is 0 Å². The number of carbonyl (C=O) groups excluding carboxylic acids is 1. The third kappa shape index (κ3) is 23.4. The van der Waals surface area contributed by atoms with E-state index in [-0.39, 0.29) is 5.60 Å². The molecule has 0 aromatic heterocycles. The Kier molecular flexibility index (Phi) is 14.0. The number of hydrogen-bond acceptors (Lipinski definition) is 2. The van der Waals surface area contributed by atoms with Crippen molar-refractivity contribution >= 4 is 6.47 Å². The first-order valence-corrected chi connectivity index (χ1v) is 6.59. The predicted octanol–water partition coefficient (Wildman–Crippen LogP) is 4.71. The van der Waals surface area contributed by atoms with Gasteiger partial charge in [-0.15, -0.1) is 0 Å². The molecule has 0 aliphatic rings. The quantitative estimate of drug-likeness (QED) is 0.467. The van der Waals surface area contributed by atoms with Crippen LogP contribution in [0.4, 0.5) is 0 Å². The molecule has 0 saturated carbocycles. The maximum absolute atomic E-state index is 9.60. The zero-order valence-corrected chi connectivity index (χ0v) is 11.8. The summed E-state index contributed by atoms with van der Waals surface area (Å²) in [5, 5.41) is 0. The zero-order valence-electron chi connectivity index (χ0n) is 11.8. The molecule has 0 rings (SSSR count). The number of rotatable bonds is 7. The Bertz CT molecular complexity index is 130. The summed E-state index contributed by atoms with van der Waals surface area (Å²) in [7, 11) is 0. The van der Waals surface area contributed by atoms with Crippen LogP contribution in [0.3, 0.4) is 0 Å². The summed E-state index contributed by atoms with van der Waals surface area (Å²) in [6, 6.07) is 0. The Morgan fingerprint density at radius 1 is 0.875 bits per heavy atom. The molecule has 0 heterocycles. The third-order valence-corrected chi connectivity index (χ3v) is 2.11. The van der Waals surface area contributed by atoms with E-state index < -0.39 is 0 Å². The van der Waals surface area contributed by atoms with Gasteiger partial charge in [0.1, 0.15) is 5.60 Å². The predicted molar refractivity (Wildman–Crippen MR) is 70.6 cm³/mol. The molecule has 0 aliphatic heterocycles. The molecular weight excluding hydrogens is 200 g/mol. The molecule has 98 valence electrons. The van der Waals surface area contributed by atoms with Crippen molar-refractivity contribution in [3.05, 3.63) is 0 Å². The van der Waals surface area contributed by atoms with Crippen molar-refractivity contribution in [1.29, 1.82) is 0 Å². The average molecular weight is 230 g/mol. The van der Waals surface area contributed by atoms with Crippen molar-refractivity contribution in [2.24, 2.45) is 0 Å². The van der Waals surface area contributed by atoms with E-state index in [2.05, 4.69) is 18.6 Å². The van der Waals surface area contributed by atoms with Crippen molar-refractivity contribution < 1.29 is 9.53 Å². The van der Waals surface area contributed by atoms with E-state index in [0.717, 1.165) is 0 Å². The third-order valence-electron chi connectivity index (χ3n) is 2.11. The van der Waals surface area contributed by atoms with Crippen LogP contribution < -0.4 is 0 Å². The van der Waals surface area contributed by atoms with Gasteiger partial charge in [-0.05, 0) is 20.8 Å². The van der Waals surface area contributed by atoms with Gasteiger partial charge in [0.2, 0.25) is 0 Å². The lowest BCUT2D eigenvalue weighted by Crippen LogP contribution is -2.17. The minimum Gasteiger partial charge on any atom is -0.462 e. The van der Waals surface area contributed by atoms with E-state index in [0.29, 0.717) is 6.47 Å². The average Bonchev–Trinajstić information content (AvgIpc) is 2.17. The van der Waals surface area contributed by atoms with E-state index in [4.69, 9.17) is 0 Å². The highest BCUT2D eigenvalue weighted by Gasteiger charge is 2.07. The smallest absolute Gasteiger partial charge is 0.293 e. The maximum Gasteiger partial charge on any atom is 0.293 e. The molecule has 0 atom stereocenters. The van der Waals surface area contributed by atoms with Gasteiger partial charge in [-0.1, -0.05) is 58.8 Å². The number of carbonyl (C=O) groups is 1. The normalized spacial score (nSPS) is 10.3. The Morgan fingerprint density at radius 2 is 1.25 bits per heavy atom. The molecule has 0 unspecified atom stereocenters. The van der Waals surface area contributed by atoms with Crippen LogP contribution in [0.15, 0.2) is 0 Å². The highest BCUT2D eigenvalue weighted by molar-refractivity contribution is 5.37. The van der Waals surface area contributed by atoms with Crippen LogP contribution in [0.2, 0.25) is 0 Å². The molecule has 0 N–H and O–H groups in total. The fraction of sp³-hybridized carbons (Fsp3) is 0.929. The van der Waals surface area contributed by atoms with Gasteiger partial charge in [0.05, 0.1) is 0 Å². The van der Waals surface area contributed by atoms with E-state index in [1.165, 1.54) is 44.9 Å². The first-order valence-electron chi connectivity index (χ1n) is 6.59. The van der Waals surface area contributed by atoms with Crippen LogP contribution >= 0.6 is 0 Å². The summed E-state index contributed by atoms with van der Waals surface area (Å²) in [6.45, 7) is 10.4. The second-order valence-electron chi connectivity index (χ2n) is 5.09. The summed E-state index contributed by atoms with van der Waals surface area (Å²) in [6.07, 6.45) is 9.97. The first kappa shape index (κ1) is 17.9. The standard InChI is InChI=1S/C9H20.C5H10O2/c1-3-5-7-9-8-6-4-2;1-5(2,3)7-4-6/h3-9H2,1-2H3;4H,1-3H3. The van der Waals surface area contributed by atoms with Gasteiger partial charge in [-0.3, -0.25) is 4.79 Å². The van der Waals surface area contributed by atoms with Gasteiger partial charge in [0.15, 0.2) is 0 Å². The van der Waals surface area contributed by atoms with Gasteiger partial charge >= 0.3 is 0 Å². The highest BCUT2D eigenvalue weighted by atomic mass is 16.5. The van der Waals surface area contributed by atoms with Crippen LogP contribution in [0.5, 0.6) is 0 Å². The minimum atomic E-state index is -0.318. The first-order chi connectivity index (χ1) is 7.47. The Hall–Kier alpha value is -0.530. The Balaban J connectivity index is 0. The fourth-order valence-corrected chi connectivity index (χ4v) is 1.17. The van der Waals surface area contributed by atoms with Crippen LogP contribution in [0.25, 0.3) is 0 Å². The van der Waals surface area contributed by atoms with Crippen LogP contribution in [-0.4, -0.2) is 12.1 Å². The number of ether oxygens (including phenoxy) is 1. The summed E-state index contributed by atoms with van der Waals surface area (Å²) in [5.74, 6) is 0. The summed E-state index contributed by atoms with van der Waals surface area (Å²) in [5.41, 5.74) is -0.318. The molecular formula is C14H30O2. The summed E-state index contributed by atoms with van der Waals surface area (Å²) in [4.78, 5) is 9.60. The van der Waals surface area contributed by atoms with Gasteiger partial charge in [0, 0.05) is 0 Å². The molecule has 0 radical (unpaired) electrons. The fourth-order valence-electron chi connectivity index (χ4n) is 1.17. The minimum absolute atomic E-state index is 0.318. The molecule has 0 aromatic carbocycles. The zero-order chi connectivity index (χ0) is 12.9. The van der Waals surface area contributed by atoms with Gasteiger partial charge in [-0.25, -0.2) is 0 Å². The molecule has 0 spiro atoms. The molecule has 16 heavy (non-hydrogen) atoms. The lowest BCUT2D eigenvalue weighted by molar-refractivity contribution is -0.138. The van der Waals surface area contributed by atoms with Crippen molar-refractivity contribution in [3.63, 3.8) is 0 Å². The second-order valence-corrected chi connectivity index (χ2v) is 5.09. The van der Waals surface area contributed by atoms with Crippen LogP contribution in [0.1, 0.15) is 79.6 Å². The molecule has 0 bridgehead atoms. The number of hydrogen-bond donors (Lipinski definition) is 0. The van der Waals surface area contributed by atoms with E-state index in [9.17, 15) is 4.79 Å². The molecule has 0 aromatic rings. The maximum atomic E-state index is 9.60. The lowest BCUT2D eigenvalue weighted by Gasteiger charge is -2.14. The van der Waals surface area contributed by atoms with Crippen molar-refractivity contribution in [2.45, 2.75) is 85.2 Å². The summed E-state index contributed by atoms with van der Waals surface area (Å²) >= 11 is 0. The lowest BCUT2D eigenvalue weighted by atomic mass is 10.1. The van der Waals surface area contributed by atoms with Crippen LogP contribution in [-0.2, 0) is 9.53 Å². The molecule has 0 aliphatic carbocycles. The largest absolute Gasteiger partial charge is 0.462 e. The second kappa shape index (κ2) is 12.5. The Labute approximate surface area is 102 Å². The highest BCUT2D eigenvalue weighted by Crippen LogP contribution is 2.05. The van der Waals surface area contributed by atoms with Crippen molar-refractivity contribution in [2.75, 3.05) is 0 Å². The summed E-state index contributed by atoms with van der Waals surface area (Å²) < 4.78 is 4.55. The van der Waals surface area contributed by atoms with Gasteiger partial charge in [0.25, 0.3) is 6.47 Å². The topological polar surface area (TPSA) is 26.3 Å². The monoisotopic (exact) mass is 230 g/mol. The molecule has 0 fully saturated rings. The van der Waals surface area contributed by atoms with E-state index in [1.807, 2.05) is 20.8 Å². The van der Waals surface area contributed by atoms with E-state index >= 15 is 0 Å².